The van der Waals surface area contributed by atoms with E-state index in [0.717, 1.165) is 6.42 Å². The summed E-state index contributed by atoms with van der Waals surface area (Å²) in [6.45, 7) is 14.6. The van der Waals surface area contributed by atoms with Crippen LogP contribution in [0.2, 0.25) is 0 Å². The molecule has 196 valence electrons. The van der Waals surface area contributed by atoms with Crippen molar-refractivity contribution in [1.82, 2.24) is 4.90 Å². The minimum Gasteiger partial charge on any atom is -0.493 e. The second kappa shape index (κ2) is 14.3. The highest BCUT2D eigenvalue weighted by Crippen LogP contribution is 2.34. The number of aliphatic imine (C=N–C) groups is 1. The van der Waals surface area contributed by atoms with Crippen molar-refractivity contribution < 1.29 is 23.5 Å². The molecule has 0 bridgehead atoms. The van der Waals surface area contributed by atoms with Gasteiger partial charge in [0, 0.05) is 67.7 Å². The van der Waals surface area contributed by atoms with E-state index in [1.165, 1.54) is 6.07 Å². The van der Waals surface area contributed by atoms with E-state index >= 15 is 4.39 Å². The lowest BCUT2D eigenvalue weighted by molar-refractivity contribution is 0.0621. The fourth-order valence-corrected chi connectivity index (χ4v) is 3.91. The highest BCUT2D eigenvalue weighted by Gasteiger charge is 2.25. The molecule has 0 fully saturated rings. The van der Waals surface area contributed by atoms with Crippen molar-refractivity contribution in [2.45, 2.75) is 59.5 Å². The fourth-order valence-electron chi connectivity index (χ4n) is 3.91. The maximum atomic E-state index is 15.1. The first-order valence-corrected chi connectivity index (χ1v) is 12.3. The molecule has 8 heteroatoms. The van der Waals surface area contributed by atoms with Crippen molar-refractivity contribution in [3.63, 3.8) is 0 Å². The summed E-state index contributed by atoms with van der Waals surface area (Å²) < 4.78 is 26.3. The minimum absolute atomic E-state index is 0.0297. The van der Waals surface area contributed by atoms with Crippen LogP contribution in [-0.2, 0) is 9.57 Å². The number of carbonyl (C=O) groups is 1. The third kappa shape index (κ3) is 7.37. The van der Waals surface area contributed by atoms with E-state index in [0.29, 0.717) is 54.2 Å². The van der Waals surface area contributed by atoms with Crippen LogP contribution in [0.3, 0.4) is 0 Å². The van der Waals surface area contributed by atoms with Gasteiger partial charge >= 0.3 is 0 Å². The van der Waals surface area contributed by atoms with E-state index < -0.39 is 5.82 Å². The maximum Gasteiger partial charge on any atom is 0.254 e. The SMILES string of the molecule is C=NOC(=NCC)c1ccc(F)c(-c2ccc(C(=O)N(C(C)C)[C@H](C)CC)cc2OCCCOC)c1. The quantitative estimate of drug-likeness (QED) is 0.148. The van der Waals surface area contributed by atoms with Crippen molar-refractivity contribution in [2.24, 2.45) is 10.1 Å². The lowest BCUT2D eigenvalue weighted by Crippen LogP contribution is -2.43. The largest absolute Gasteiger partial charge is 0.493 e. The molecule has 0 aromatic heterocycles. The van der Waals surface area contributed by atoms with Gasteiger partial charge in [0.1, 0.15) is 11.6 Å². The summed E-state index contributed by atoms with van der Waals surface area (Å²) in [6.07, 6.45) is 1.48. The number of hydrogen-bond acceptors (Lipinski definition) is 6. The van der Waals surface area contributed by atoms with Gasteiger partial charge in [-0.25, -0.2) is 9.38 Å². The molecule has 0 saturated carbocycles. The van der Waals surface area contributed by atoms with Gasteiger partial charge in [0.05, 0.1) is 6.61 Å². The number of ether oxygens (including phenoxy) is 2. The summed E-state index contributed by atoms with van der Waals surface area (Å²) in [4.78, 5) is 24.8. The van der Waals surface area contributed by atoms with Crippen molar-refractivity contribution in [3.05, 3.63) is 53.3 Å². The summed E-state index contributed by atoms with van der Waals surface area (Å²) in [5.41, 5.74) is 1.85. The van der Waals surface area contributed by atoms with E-state index in [-0.39, 0.29) is 23.9 Å². The smallest absolute Gasteiger partial charge is 0.254 e. The molecule has 0 aliphatic rings. The number of nitrogens with zero attached hydrogens (tertiary/aromatic N) is 3. The Morgan fingerprint density at radius 1 is 1.06 bits per heavy atom. The molecule has 1 atom stereocenters. The Labute approximate surface area is 213 Å². The van der Waals surface area contributed by atoms with Gasteiger partial charge in [-0.2, -0.15) is 0 Å². The molecule has 0 aliphatic carbocycles. The zero-order chi connectivity index (χ0) is 26.7. The van der Waals surface area contributed by atoms with E-state index in [1.54, 1.807) is 37.4 Å². The zero-order valence-corrected chi connectivity index (χ0v) is 22.2. The molecule has 0 saturated heterocycles. The van der Waals surface area contributed by atoms with Gasteiger partial charge in [-0.1, -0.05) is 12.1 Å². The van der Waals surface area contributed by atoms with E-state index in [1.807, 2.05) is 32.6 Å². The summed E-state index contributed by atoms with van der Waals surface area (Å²) in [6, 6.07) is 9.78. The summed E-state index contributed by atoms with van der Waals surface area (Å²) in [7, 11) is 1.62. The Hall–Kier alpha value is -3.26. The molecule has 0 radical (unpaired) electrons. The van der Waals surface area contributed by atoms with Gasteiger partial charge in [-0.05, 0) is 70.5 Å². The maximum absolute atomic E-state index is 15.1. The number of halogens is 1. The van der Waals surface area contributed by atoms with Crippen LogP contribution in [-0.4, -0.2) is 62.4 Å². The molecule has 36 heavy (non-hydrogen) atoms. The number of carbonyl (C=O) groups excluding carboxylic acids is 1. The van der Waals surface area contributed by atoms with Gasteiger partial charge in [-0.3, -0.25) is 4.79 Å². The van der Waals surface area contributed by atoms with Gasteiger partial charge in [0.25, 0.3) is 11.8 Å². The Bertz CT molecular complexity index is 1060. The van der Waals surface area contributed by atoms with Crippen LogP contribution < -0.4 is 4.74 Å². The third-order valence-electron chi connectivity index (χ3n) is 5.79. The summed E-state index contributed by atoms with van der Waals surface area (Å²) >= 11 is 0. The molecule has 0 N–H and O–H groups in total. The number of hydrogen-bond donors (Lipinski definition) is 0. The molecule has 2 rings (SSSR count). The average molecular weight is 500 g/mol. The van der Waals surface area contributed by atoms with E-state index in [9.17, 15) is 4.79 Å². The third-order valence-corrected chi connectivity index (χ3v) is 5.79. The molecule has 7 nitrogen and oxygen atoms in total. The zero-order valence-electron chi connectivity index (χ0n) is 22.2. The molecular weight excluding hydrogens is 461 g/mol. The molecule has 0 heterocycles. The normalized spacial score (nSPS) is 12.4. The number of amides is 1. The summed E-state index contributed by atoms with van der Waals surface area (Å²) in [5, 5.41) is 3.46. The Morgan fingerprint density at radius 3 is 2.39 bits per heavy atom. The molecule has 0 unspecified atom stereocenters. The van der Waals surface area contributed by atoms with Gasteiger partial charge in [0.15, 0.2) is 0 Å². The topological polar surface area (TPSA) is 72.7 Å². The standard InChI is InChI=1S/C28H38FN3O4/c1-8-20(5)32(19(3)4)28(33)22-11-13-23(26(18-22)35-16-10-15-34-7)24-17-21(12-14-25(24)29)27(31-9-2)36-30-6/h11-14,17-20H,6,8-10,15-16H2,1-5,7H3/t20-/m1/s1. The molecule has 2 aromatic carbocycles. The highest BCUT2D eigenvalue weighted by molar-refractivity contribution is 5.97. The van der Waals surface area contributed by atoms with Crippen molar-refractivity contribution in [3.8, 4) is 16.9 Å². The van der Waals surface area contributed by atoms with E-state index in [4.69, 9.17) is 14.3 Å². The number of oxime groups is 1. The fraction of sp³-hybridized carbons (Fsp3) is 0.464. The van der Waals surface area contributed by atoms with Crippen molar-refractivity contribution >= 4 is 18.5 Å². The Kier molecular flexibility index (Phi) is 11.5. The first-order chi connectivity index (χ1) is 17.3. The number of methoxy groups -OCH3 is 1. The second-order valence-corrected chi connectivity index (χ2v) is 8.66. The van der Waals surface area contributed by atoms with Crippen LogP contribution in [0, 0.1) is 5.82 Å². The first-order valence-electron chi connectivity index (χ1n) is 12.3. The highest BCUT2D eigenvalue weighted by atomic mass is 19.1. The minimum atomic E-state index is -0.439. The molecule has 0 aliphatic heterocycles. The van der Waals surface area contributed by atoms with Crippen LogP contribution in [0.25, 0.3) is 11.1 Å². The predicted octanol–water partition coefficient (Wildman–Crippen LogP) is 5.96. The number of benzene rings is 2. The van der Waals surface area contributed by atoms with Crippen LogP contribution in [0.4, 0.5) is 4.39 Å². The Morgan fingerprint density at radius 2 is 1.78 bits per heavy atom. The monoisotopic (exact) mass is 499 g/mol. The Balaban J connectivity index is 2.59. The number of rotatable bonds is 13. The van der Waals surface area contributed by atoms with Crippen molar-refractivity contribution in [2.75, 3.05) is 26.9 Å². The second-order valence-electron chi connectivity index (χ2n) is 8.66. The van der Waals surface area contributed by atoms with Gasteiger partial charge < -0.3 is 19.2 Å². The molecular formula is C28H38FN3O4. The lowest BCUT2D eigenvalue weighted by atomic mass is 9.98. The van der Waals surface area contributed by atoms with Gasteiger partial charge in [-0.15, -0.1) is 0 Å². The van der Waals surface area contributed by atoms with Crippen LogP contribution >= 0.6 is 0 Å². The molecule has 0 spiro atoms. The van der Waals surface area contributed by atoms with Gasteiger partial charge in [0.2, 0.25) is 0 Å². The van der Waals surface area contributed by atoms with Crippen LogP contribution in [0.15, 0.2) is 46.5 Å². The molecule has 1 amide bonds. The molecule has 2 aromatic rings. The van der Waals surface area contributed by atoms with Crippen molar-refractivity contribution in [1.29, 1.82) is 0 Å². The lowest BCUT2D eigenvalue weighted by Gasteiger charge is -2.32. The first kappa shape index (κ1) is 29.0. The van der Waals surface area contributed by atoms with E-state index in [2.05, 4.69) is 23.8 Å². The summed E-state index contributed by atoms with van der Waals surface area (Å²) in [5.74, 6) is 0.122. The predicted molar refractivity (Wildman–Crippen MR) is 143 cm³/mol. The average Bonchev–Trinajstić information content (AvgIpc) is 2.86. The van der Waals surface area contributed by atoms with Crippen LogP contribution in [0.5, 0.6) is 5.75 Å². The van der Waals surface area contributed by atoms with Crippen LogP contribution in [0.1, 0.15) is 63.4 Å².